The smallest absolute Gasteiger partial charge is 0.146 e. The summed E-state index contributed by atoms with van der Waals surface area (Å²) in [7, 11) is 0. The van der Waals surface area contributed by atoms with E-state index < -0.39 is 0 Å². The summed E-state index contributed by atoms with van der Waals surface area (Å²) in [6, 6.07) is 43.4. The van der Waals surface area contributed by atoms with Crippen LogP contribution in [0.25, 0.3) is 0 Å². The van der Waals surface area contributed by atoms with Gasteiger partial charge in [0.25, 0.3) is 0 Å². The van der Waals surface area contributed by atoms with Crippen LogP contribution in [0, 0.1) is 38.2 Å². The number of aryl methyl sites for hydroxylation is 3. The maximum Gasteiger partial charge on any atom is 0.146 e. The molecule has 1 saturated carbocycles. The van der Waals surface area contributed by atoms with Gasteiger partial charge in [-0.1, -0.05) is 167 Å². The summed E-state index contributed by atoms with van der Waals surface area (Å²) in [5, 5.41) is 0. The van der Waals surface area contributed by atoms with E-state index in [9.17, 15) is 13.2 Å². The summed E-state index contributed by atoms with van der Waals surface area (Å²) in [5.74, 6) is -0.472. The van der Waals surface area contributed by atoms with Crippen LogP contribution < -0.4 is 0 Å². The van der Waals surface area contributed by atoms with Gasteiger partial charge in [0, 0.05) is 13.2 Å². The summed E-state index contributed by atoms with van der Waals surface area (Å²) in [6.45, 7) is 9.94. The molecule has 302 valence electrons. The minimum Gasteiger partial charge on any atom is -0.381 e. The molecule has 0 spiro atoms. The average Bonchev–Trinajstić information content (AvgIpc) is 3.24. The Morgan fingerprint density at radius 1 is 0.364 bits per heavy atom. The van der Waals surface area contributed by atoms with Gasteiger partial charge in [-0.25, -0.2) is 13.2 Å². The van der Waals surface area contributed by atoms with Crippen LogP contribution >= 0.6 is 0 Å². The van der Waals surface area contributed by atoms with Gasteiger partial charge >= 0.3 is 0 Å². The van der Waals surface area contributed by atoms with Crippen LogP contribution in [0.2, 0.25) is 0 Å². The molecule has 0 aromatic heterocycles. The highest BCUT2D eigenvalue weighted by Gasteiger charge is 1.96. The van der Waals surface area contributed by atoms with Crippen LogP contribution in [0.1, 0.15) is 88.3 Å². The molecule has 5 aromatic rings. The Morgan fingerprint density at radius 2 is 0.745 bits per heavy atom. The molecule has 2 heterocycles. The van der Waals surface area contributed by atoms with Crippen LogP contribution in [0.15, 0.2) is 146 Å². The van der Waals surface area contributed by atoms with Gasteiger partial charge in [0.2, 0.25) is 0 Å². The van der Waals surface area contributed by atoms with Crippen LogP contribution in [0.4, 0.5) is 13.2 Å². The van der Waals surface area contributed by atoms with E-state index in [-0.39, 0.29) is 24.9 Å². The largest absolute Gasteiger partial charge is 0.381 e. The molecule has 2 saturated heterocycles. The molecule has 55 heavy (non-hydrogen) atoms. The second-order valence-corrected chi connectivity index (χ2v) is 12.7. The van der Waals surface area contributed by atoms with Gasteiger partial charge in [-0.3, -0.25) is 0 Å². The van der Waals surface area contributed by atoms with E-state index in [1.165, 1.54) is 93.7 Å². The van der Waals surface area contributed by atoms with Crippen molar-refractivity contribution in [2.45, 2.75) is 92.4 Å². The Hall–Kier alpha value is -4.23. The molecule has 8 rings (SSSR count). The minimum atomic E-state index is -0.178. The summed E-state index contributed by atoms with van der Waals surface area (Å²) in [6.07, 6.45) is 14.0. The normalized spacial score (nSPS) is 13.6. The highest BCUT2D eigenvalue weighted by atomic mass is 19.1. The molecule has 3 aliphatic rings. The van der Waals surface area contributed by atoms with E-state index in [4.69, 9.17) is 14.2 Å². The molecule has 1 aliphatic carbocycles. The second kappa shape index (κ2) is 38.1. The van der Waals surface area contributed by atoms with Crippen molar-refractivity contribution in [3.05, 3.63) is 180 Å². The summed E-state index contributed by atoms with van der Waals surface area (Å²) in [5.41, 5.74) is 2.99. The number of hydrogen-bond donors (Lipinski definition) is 0. The van der Waals surface area contributed by atoms with E-state index in [1.807, 2.05) is 73.7 Å². The van der Waals surface area contributed by atoms with E-state index >= 15 is 0 Å². The molecule has 6 heteroatoms. The molecule has 2 aliphatic heterocycles. The molecule has 0 amide bonds. The molecular weight excluding hydrogens is 694 g/mol. The predicted octanol–water partition coefficient (Wildman–Crippen LogP) is 14.3. The van der Waals surface area contributed by atoms with E-state index in [0.717, 1.165) is 38.4 Å². The van der Waals surface area contributed by atoms with E-state index in [2.05, 4.69) is 19.1 Å². The SMILES string of the molecule is C.C1CCCCC1.C1CCOCC1.C1COCOC1.Cc1cccc(F)c1.Cc1ccccc1.Cc1ccccc1F.Fc1ccccc1.c1ccccc1. The minimum absolute atomic E-state index is 0. The molecule has 0 N–H and O–H groups in total. The molecule has 5 aromatic carbocycles. The second-order valence-electron chi connectivity index (χ2n) is 12.7. The fraction of sp³-hybridized carbons (Fsp3) is 0.388. The third-order valence-electron chi connectivity index (χ3n) is 7.72. The van der Waals surface area contributed by atoms with Gasteiger partial charge in [-0.05, 0) is 87.9 Å². The first kappa shape index (κ1) is 50.8. The number of benzene rings is 5. The maximum absolute atomic E-state index is 12.3. The third kappa shape index (κ3) is 35.2. The lowest BCUT2D eigenvalue weighted by molar-refractivity contribution is -0.0963. The lowest BCUT2D eigenvalue weighted by Crippen LogP contribution is -2.11. The van der Waals surface area contributed by atoms with Crippen molar-refractivity contribution in [1.82, 2.24) is 0 Å². The van der Waals surface area contributed by atoms with Crippen molar-refractivity contribution in [3.8, 4) is 0 Å². The first-order valence-electron chi connectivity index (χ1n) is 19.3. The molecule has 3 nitrogen and oxygen atoms in total. The van der Waals surface area contributed by atoms with Gasteiger partial charge in [-0.2, -0.15) is 0 Å². The van der Waals surface area contributed by atoms with Crippen molar-refractivity contribution in [2.24, 2.45) is 0 Å². The van der Waals surface area contributed by atoms with Gasteiger partial charge in [0.15, 0.2) is 0 Å². The number of rotatable bonds is 0. The van der Waals surface area contributed by atoms with E-state index in [0.29, 0.717) is 12.4 Å². The number of halogens is 3. The van der Waals surface area contributed by atoms with Gasteiger partial charge in [0.05, 0.1) is 13.2 Å². The van der Waals surface area contributed by atoms with Crippen LogP contribution in [-0.4, -0.2) is 33.2 Å². The van der Waals surface area contributed by atoms with Crippen molar-refractivity contribution in [1.29, 1.82) is 0 Å². The third-order valence-corrected chi connectivity index (χ3v) is 7.72. The Bertz CT molecular complexity index is 1310. The monoisotopic (exact) mass is 761 g/mol. The predicted molar refractivity (Wildman–Crippen MR) is 227 cm³/mol. The Morgan fingerprint density at radius 3 is 0.982 bits per heavy atom. The zero-order valence-corrected chi connectivity index (χ0v) is 32.8. The zero-order chi connectivity index (χ0) is 39.2. The van der Waals surface area contributed by atoms with Crippen LogP contribution in [-0.2, 0) is 14.2 Å². The quantitative estimate of drug-likeness (QED) is 0.157. The van der Waals surface area contributed by atoms with Crippen molar-refractivity contribution >= 4 is 0 Å². The molecule has 3 fully saturated rings. The molecule has 0 atom stereocenters. The molecule has 0 radical (unpaired) electrons. The van der Waals surface area contributed by atoms with Gasteiger partial charge in [-0.15, -0.1) is 0 Å². The van der Waals surface area contributed by atoms with Crippen molar-refractivity contribution in [3.63, 3.8) is 0 Å². The summed E-state index contributed by atoms with van der Waals surface area (Å²) in [4.78, 5) is 0. The first-order chi connectivity index (χ1) is 26.4. The zero-order valence-electron chi connectivity index (χ0n) is 32.8. The van der Waals surface area contributed by atoms with E-state index in [1.54, 1.807) is 43.3 Å². The first-order valence-corrected chi connectivity index (χ1v) is 19.3. The van der Waals surface area contributed by atoms with Crippen molar-refractivity contribution in [2.75, 3.05) is 33.2 Å². The fourth-order valence-corrected chi connectivity index (χ4v) is 4.68. The highest BCUT2D eigenvalue weighted by Crippen LogP contribution is 2.15. The van der Waals surface area contributed by atoms with Gasteiger partial charge < -0.3 is 14.2 Å². The molecule has 0 unspecified atom stereocenters. The standard InChI is InChI=1S/2C7H7F.C7H8.C6H5F.C6H12.C6H6.C5H10O.C4H8O2.CH4/c1-6-3-2-4-7(8)5-6;1-6-4-2-3-5-7(6)8;1-7-5-3-2-4-6-7;7-6-4-2-1-3-5-6;3*1-2-4-6-5-3-1;1-2-5-4-6-3-1;/h2*2-5H,1H3;2-6H,1H3;1-5H;1-6H2;1-6H;1-5H2;1-4H2;1H4. The average molecular weight is 761 g/mol. The van der Waals surface area contributed by atoms with Crippen LogP contribution in [0.3, 0.4) is 0 Å². The Kier molecular flexibility index (Phi) is 35.1. The number of hydrogen-bond acceptors (Lipinski definition) is 3. The van der Waals surface area contributed by atoms with Gasteiger partial charge in [0.1, 0.15) is 24.2 Å². The fourth-order valence-electron chi connectivity index (χ4n) is 4.68. The summed E-state index contributed by atoms with van der Waals surface area (Å²) < 4.78 is 51.2. The lowest BCUT2D eigenvalue weighted by Gasteiger charge is -2.09. The number of ether oxygens (including phenoxy) is 3. The van der Waals surface area contributed by atoms with Crippen LogP contribution in [0.5, 0.6) is 0 Å². The maximum atomic E-state index is 12.3. The molecule has 0 bridgehead atoms. The molecular formula is C49H67F3O3. The lowest BCUT2D eigenvalue weighted by atomic mass is 10.0. The highest BCUT2D eigenvalue weighted by molar-refractivity contribution is 5.15. The Labute approximate surface area is 331 Å². The van der Waals surface area contributed by atoms with Crippen molar-refractivity contribution < 1.29 is 27.4 Å². The Balaban J connectivity index is 0.000000606. The summed E-state index contributed by atoms with van der Waals surface area (Å²) >= 11 is 0. The topological polar surface area (TPSA) is 27.7 Å².